The number of hydrogen-bond donors (Lipinski definition) is 3. The maximum absolute atomic E-state index is 9.58. The van der Waals surface area contributed by atoms with Crippen molar-refractivity contribution in [2.45, 2.75) is 25.4 Å². The van der Waals surface area contributed by atoms with Gasteiger partial charge >= 0.3 is 0 Å². The van der Waals surface area contributed by atoms with Gasteiger partial charge in [-0.05, 0) is 30.9 Å². The Morgan fingerprint density at radius 2 is 2.00 bits per heavy atom. The second kappa shape index (κ2) is 2.92. The summed E-state index contributed by atoms with van der Waals surface area (Å²) in [6.07, 6.45) is 1.82. The molecule has 0 amide bonds. The zero-order valence-electron chi connectivity index (χ0n) is 7.20. The monoisotopic (exact) mass is 180 g/mol. The minimum atomic E-state index is -0.491. The molecular weight excluding hydrogens is 168 g/mol. The van der Waals surface area contributed by atoms with E-state index in [9.17, 15) is 15.3 Å². The van der Waals surface area contributed by atoms with E-state index >= 15 is 0 Å². The standard InChI is InChI=1S/C10H12O3/c11-8-3-1-2-7-6(8)4-5-9(12)10(7)13/h4-5,8,11-13H,1-3H2. The lowest BCUT2D eigenvalue weighted by molar-refractivity contribution is 0.155. The van der Waals surface area contributed by atoms with Crippen LogP contribution < -0.4 is 0 Å². The topological polar surface area (TPSA) is 60.7 Å². The number of fused-ring (bicyclic) bond motifs is 1. The number of phenols is 2. The minimum absolute atomic E-state index is 0.0729. The SMILES string of the molecule is Oc1ccc2c(c1O)CCCC2O. The molecule has 0 saturated carbocycles. The first kappa shape index (κ1) is 8.38. The van der Waals surface area contributed by atoms with Crippen LogP contribution in [0.3, 0.4) is 0 Å². The first-order chi connectivity index (χ1) is 6.20. The molecule has 0 saturated heterocycles. The highest BCUT2D eigenvalue weighted by Gasteiger charge is 2.21. The predicted molar refractivity (Wildman–Crippen MR) is 47.7 cm³/mol. The number of aliphatic hydroxyl groups excluding tert-OH is 1. The van der Waals surface area contributed by atoms with Crippen LogP contribution in [0.5, 0.6) is 11.5 Å². The third-order valence-electron chi connectivity index (χ3n) is 2.56. The smallest absolute Gasteiger partial charge is 0.161 e. The molecule has 0 heterocycles. The first-order valence-corrected chi connectivity index (χ1v) is 4.42. The number of hydrogen-bond acceptors (Lipinski definition) is 3. The van der Waals surface area contributed by atoms with Gasteiger partial charge in [-0.25, -0.2) is 0 Å². The fourth-order valence-electron chi connectivity index (χ4n) is 1.84. The average Bonchev–Trinajstić information content (AvgIpc) is 2.12. The Hall–Kier alpha value is -1.22. The first-order valence-electron chi connectivity index (χ1n) is 4.42. The van der Waals surface area contributed by atoms with Gasteiger partial charge < -0.3 is 15.3 Å². The minimum Gasteiger partial charge on any atom is -0.504 e. The lowest BCUT2D eigenvalue weighted by atomic mass is 9.88. The highest BCUT2D eigenvalue weighted by Crippen LogP contribution is 2.39. The van der Waals surface area contributed by atoms with E-state index in [4.69, 9.17) is 0 Å². The summed E-state index contributed by atoms with van der Waals surface area (Å²) in [7, 11) is 0. The van der Waals surface area contributed by atoms with Crippen molar-refractivity contribution in [2.75, 3.05) is 0 Å². The van der Waals surface area contributed by atoms with Crippen LogP contribution in [-0.4, -0.2) is 15.3 Å². The molecule has 0 fully saturated rings. The molecule has 1 aromatic carbocycles. The molecule has 3 heteroatoms. The van der Waals surface area contributed by atoms with E-state index < -0.39 is 6.10 Å². The molecule has 1 atom stereocenters. The Balaban J connectivity index is 2.56. The lowest BCUT2D eigenvalue weighted by Crippen LogP contribution is -2.08. The van der Waals surface area contributed by atoms with Crippen molar-refractivity contribution in [3.05, 3.63) is 23.3 Å². The fourth-order valence-corrected chi connectivity index (χ4v) is 1.84. The van der Waals surface area contributed by atoms with Crippen molar-refractivity contribution < 1.29 is 15.3 Å². The normalized spacial score (nSPS) is 21.2. The van der Waals surface area contributed by atoms with Crippen LogP contribution >= 0.6 is 0 Å². The molecule has 0 aliphatic heterocycles. The summed E-state index contributed by atoms with van der Waals surface area (Å²) in [5, 5.41) is 28.3. The zero-order chi connectivity index (χ0) is 9.42. The Labute approximate surface area is 76.3 Å². The third-order valence-corrected chi connectivity index (χ3v) is 2.56. The largest absolute Gasteiger partial charge is 0.504 e. The molecule has 2 rings (SSSR count). The zero-order valence-corrected chi connectivity index (χ0v) is 7.20. The lowest BCUT2D eigenvalue weighted by Gasteiger charge is -2.22. The van der Waals surface area contributed by atoms with Crippen molar-refractivity contribution in [2.24, 2.45) is 0 Å². The van der Waals surface area contributed by atoms with Gasteiger partial charge in [-0.15, -0.1) is 0 Å². The van der Waals surface area contributed by atoms with Crippen molar-refractivity contribution in [3.63, 3.8) is 0 Å². The van der Waals surface area contributed by atoms with Crippen LogP contribution in [0.2, 0.25) is 0 Å². The summed E-state index contributed by atoms with van der Waals surface area (Å²) in [6, 6.07) is 3.09. The number of aliphatic hydroxyl groups is 1. The Morgan fingerprint density at radius 1 is 1.23 bits per heavy atom. The van der Waals surface area contributed by atoms with Crippen LogP contribution in [0, 0.1) is 0 Å². The number of aromatic hydroxyl groups is 2. The Kier molecular flexibility index (Phi) is 1.88. The van der Waals surface area contributed by atoms with Crippen LogP contribution in [-0.2, 0) is 6.42 Å². The molecule has 1 aromatic rings. The van der Waals surface area contributed by atoms with E-state index in [1.54, 1.807) is 6.07 Å². The maximum Gasteiger partial charge on any atom is 0.161 e. The van der Waals surface area contributed by atoms with Crippen molar-refractivity contribution in [1.82, 2.24) is 0 Å². The van der Waals surface area contributed by atoms with Gasteiger partial charge in [0.2, 0.25) is 0 Å². The van der Waals surface area contributed by atoms with Gasteiger partial charge in [0.25, 0.3) is 0 Å². The Morgan fingerprint density at radius 3 is 2.77 bits per heavy atom. The van der Waals surface area contributed by atoms with E-state index in [1.165, 1.54) is 6.07 Å². The molecule has 1 aliphatic carbocycles. The van der Waals surface area contributed by atoms with Gasteiger partial charge in [0.1, 0.15) is 0 Å². The number of rotatable bonds is 0. The molecule has 1 aliphatic rings. The molecule has 0 radical (unpaired) electrons. The molecule has 3 nitrogen and oxygen atoms in total. The van der Waals surface area contributed by atoms with Gasteiger partial charge in [0, 0.05) is 5.56 Å². The highest BCUT2D eigenvalue weighted by molar-refractivity contribution is 5.50. The maximum atomic E-state index is 9.58. The molecule has 0 bridgehead atoms. The fraction of sp³-hybridized carbons (Fsp3) is 0.400. The predicted octanol–water partition coefficient (Wildman–Crippen LogP) is 1.47. The summed E-state index contributed by atoms with van der Waals surface area (Å²) in [6.45, 7) is 0. The van der Waals surface area contributed by atoms with E-state index in [2.05, 4.69) is 0 Å². The molecule has 3 N–H and O–H groups in total. The summed E-state index contributed by atoms with van der Waals surface area (Å²) in [5.74, 6) is -0.177. The highest BCUT2D eigenvalue weighted by atomic mass is 16.3. The quantitative estimate of drug-likeness (QED) is 0.530. The summed E-state index contributed by atoms with van der Waals surface area (Å²) in [4.78, 5) is 0. The van der Waals surface area contributed by atoms with E-state index in [1.807, 2.05) is 0 Å². The van der Waals surface area contributed by atoms with Crippen molar-refractivity contribution in [1.29, 1.82) is 0 Å². The second-order valence-corrected chi connectivity index (χ2v) is 3.41. The van der Waals surface area contributed by atoms with Crippen molar-refractivity contribution >= 4 is 0 Å². The number of phenolic OH excluding ortho intramolecular Hbond substituents is 2. The summed E-state index contributed by atoms with van der Waals surface area (Å²) in [5.41, 5.74) is 1.44. The molecule has 1 unspecified atom stereocenters. The van der Waals surface area contributed by atoms with Gasteiger partial charge in [-0.3, -0.25) is 0 Å². The molecule has 70 valence electrons. The summed E-state index contributed by atoms with van der Waals surface area (Å²) < 4.78 is 0. The van der Waals surface area contributed by atoms with Crippen LogP contribution in [0.4, 0.5) is 0 Å². The van der Waals surface area contributed by atoms with Gasteiger partial charge in [-0.2, -0.15) is 0 Å². The van der Waals surface area contributed by atoms with Crippen molar-refractivity contribution in [3.8, 4) is 11.5 Å². The molecular formula is C10H12O3. The second-order valence-electron chi connectivity index (χ2n) is 3.41. The van der Waals surface area contributed by atoms with Crippen LogP contribution in [0.25, 0.3) is 0 Å². The third kappa shape index (κ3) is 1.25. The molecule has 0 aromatic heterocycles. The van der Waals surface area contributed by atoms with E-state index in [-0.39, 0.29) is 11.5 Å². The van der Waals surface area contributed by atoms with E-state index in [0.717, 1.165) is 24.8 Å². The summed E-state index contributed by atoms with van der Waals surface area (Å²) >= 11 is 0. The number of benzene rings is 1. The van der Waals surface area contributed by atoms with Crippen LogP contribution in [0.15, 0.2) is 12.1 Å². The van der Waals surface area contributed by atoms with Gasteiger partial charge in [-0.1, -0.05) is 6.07 Å². The van der Waals surface area contributed by atoms with Crippen LogP contribution in [0.1, 0.15) is 30.1 Å². The Bertz CT molecular complexity index is 333. The van der Waals surface area contributed by atoms with Gasteiger partial charge in [0.05, 0.1) is 6.10 Å². The average molecular weight is 180 g/mol. The molecule has 0 spiro atoms. The molecule has 13 heavy (non-hydrogen) atoms. The van der Waals surface area contributed by atoms with Gasteiger partial charge in [0.15, 0.2) is 11.5 Å². The van der Waals surface area contributed by atoms with E-state index in [0.29, 0.717) is 5.56 Å².